The van der Waals surface area contributed by atoms with Gasteiger partial charge in [0.25, 0.3) is 5.91 Å². The van der Waals surface area contributed by atoms with Gasteiger partial charge in [-0.25, -0.2) is 5.01 Å². The smallest absolute Gasteiger partial charge is 0.262 e. The van der Waals surface area contributed by atoms with E-state index in [0.29, 0.717) is 5.92 Å². The number of carbonyl (C=O) groups excluding carboxylic acids is 1. The molecular formula is C12H22N2O. The molecule has 0 saturated heterocycles. The minimum Gasteiger partial charge on any atom is -0.285 e. The van der Waals surface area contributed by atoms with Crippen molar-refractivity contribution in [2.75, 3.05) is 13.6 Å². The average molecular weight is 210 g/mol. The quantitative estimate of drug-likeness (QED) is 0.717. The Balaban J connectivity index is 3.21. The summed E-state index contributed by atoms with van der Waals surface area (Å²) in [6.07, 6.45) is 0. The molecule has 0 aromatic rings. The van der Waals surface area contributed by atoms with Gasteiger partial charge in [0.15, 0.2) is 0 Å². The molecule has 1 amide bonds. The molecule has 0 aliphatic carbocycles. The summed E-state index contributed by atoms with van der Waals surface area (Å²) in [5.41, 5.74) is 4.99. The number of hydrogen-bond acceptors (Lipinski definition) is 2. The Morgan fingerprint density at radius 2 is 1.87 bits per heavy atom. The Morgan fingerprint density at radius 1 is 1.33 bits per heavy atom. The Bertz CT molecular complexity index is 297. The molecule has 0 spiro atoms. The lowest BCUT2D eigenvalue weighted by atomic mass is 9.79. The first kappa shape index (κ1) is 12.2. The molecule has 86 valence electrons. The predicted octanol–water partition coefficient (Wildman–Crippen LogP) is 1.96. The second kappa shape index (κ2) is 3.97. The number of nitrogens with one attached hydrogen (secondary N) is 1. The fourth-order valence-electron chi connectivity index (χ4n) is 2.04. The van der Waals surface area contributed by atoms with Crippen LogP contribution in [0.1, 0.15) is 34.6 Å². The maximum atomic E-state index is 12.0. The molecule has 0 unspecified atom stereocenters. The lowest BCUT2D eigenvalue weighted by Gasteiger charge is -2.35. The minimum absolute atomic E-state index is 0.0555. The number of rotatable bonds is 1. The monoisotopic (exact) mass is 210 g/mol. The van der Waals surface area contributed by atoms with E-state index in [1.807, 2.05) is 12.1 Å². The summed E-state index contributed by atoms with van der Waals surface area (Å²) in [5, 5.41) is 1.85. The van der Waals surface area contributed by atoms with E-state index < -0.39 is 0 Å². The summed E-state index contributed by atoms with van der Waals surface area (Å²) in [5.74, 6) is 0.479. The fourth-order valence-corrected chi connectivity index (χ4v) is 2.04. The van der Waals surface area contributed by atoms with Crippen molar-refractivity contribution in [3.8, 4) is 0 Å². The SMILES string of the molecule is CC(C)C1=C(C(C)(C)C)C(=O)NN(C)C1. The van der Waals surface area contributed by atoms with Crippen LogP contribution in [-0.2, 0) is 4.79 Å². The summed E-state index contributed by atoms with van der Waals surface area (Å²) in [6, 6.07) is 0. The highest BCUT2D eigenvalue weighted by Gasteiger charge is 2.32. The molecule has 0 bridgehead atoms. The van der Waals surface area contributed by atoms with Gasteiger partial charge in [-0.1, -0.05) is 34.6 Å². The highest BCUT2D eigenvalue weighted by Crippen LogP contribution is 2.33. The van der Waals surface area contributed by atoms with Crippen LogP contribution in [-0.4, -0.2) is 24.5 Å². The third-order valence-electron chi connectivity index (χ3n) is 2.70. The van der Waals surface area contributed by atoms with Gasteiger partial charge in [-0.2, -0.15) is 0 Å². The zero-order valence-corrected chi connectivity index (χ0v) is 10.6. The number of hydrazine groups is 1. The molecule has 1 N–H and O–H groups in total. The summed E-state index contributed by atoms with van der Waals surface area (Å²) >= 11 is 0. The molecule has 1 heterocycles. The number of nitrogens with zero attached hydrogens (tertiary/aromatic N) is 1. The van der Waals surface area contributed by atoms with Crippen LogP contribution in [0.5, 0.6) is 0 Å². The second-order valence-corrected chi connectivity index (χ2v) is 5.60. The molecular weight excluding hydrogens is 188 g/mol. The molecule has 15 heavy (non-hydrogen) atoms. The van der Waals surface area contributed by atoms with E-state index in [1.54, 1.807) is 0 Å². The lowest BCUT2D eigenvalue weighted by molar-refractivity contribution is -0.123. The van der Waals surface area contributed by atoms with Crippen molar-refractivity contribution < 1.29 is 4.79 Å². The maximum Gasteiger partial charge on any atom is 0.262 e. The molecule has 1 aliphatic heterocycles. The highest BCUT2D eigenvalue weighted by molar-refractivity contribution is 5.96. The van der Waals surface area contributed by atoms with Crippen LogP contribution in [0.3, 0.4) is 0 Å². The topological polar surface area (TPSA) is 32.3 Å². The normalized spacial score (nSPS) is 19.8. The van der Waals surface area contributed by atoms with Crippen LogP contribution in [0.4, 0.5) is 0 Å². The largest absolute Gasteiger partial charge is 0.285 e. The third-order valence-corrected chi connectivity index (χ3v) is 2.70. The van der Waals surface area contributed by atoms with E-state index in [-0.39, 0.29) is 11.3 Å². The lowest BCUT2D eigenvalue weighted by Crippen LogP contribution is -2.48. The van der Waals surface area contributed by atoms with Gasteiger partial charge in [-0.3, -0.25) is 10.2 Å². The molecule has 0 fully saturated rings. The van der Waals surface area contributed by atoms with Crippen molar-refractivity contribution in [3.05, 3.63) is 11.1 Å². The minimum atomic E-state index is -0.0784. The molecule has 3 heteroatoms. The number of hydrogen-bond donors (Lipinski definition) is 1. The number of likely N-dealkylation sites (N-methyl/N-ethyl adjacent to an activating group) is 1. The molecule has 0 aromatic carbocycles. The van der Waals surface area contributed by atoms with Crippen molar-refractivity contribution >= 4 is 5.91 Å². The summed E-state index contributed by atoms with van der Waals surface area (Å²) < 4.78 is 0. The van der Waals surface area contributed by atoms with Crippen molar-refractivity contribution in [2.24, 2.45) is 11.3 Å². The van der Waals surface area contributed by atoms with E-state index in [4.69, 9.17) is 0 Å². The van der Waals surface area contributed by atoms with Gasteiger partial charge in [-0.05, 0) is 16.9 Å². The maximum absolute atomic E-state index is 12.0. The first-order valence-electron chi connectivity index (χ1n) is 5.49. The summed E-state index contributed by atoms with van der Waals surface area (Å²) in [4.78, 5) is 12.0. The standard InChI is InChI=1S/C12H22N2O/c1-8(2)9-7-14(6)13-11(15)10(9)12(3,4)5/h8H,7H2,1-6H3,(H,13,15). The van der Waals surface area contributed by atoms with Crippen molar-refractivity contribution in [1.82, 2.24) is 10.4 Å². The Hall–Kier alpha value is -0.830. The van der Waals surface area contributed by atoms with Crippen LogP contribution in [0.15, 0.2) is 11.1 Å². The zero-order chi connectivity index (χ0) is 11.8. The van der Waals surface area contributed by atoms with Gasteiger partial charge in [-0.15, -0.1) is 0 Å². The first-order chi connectivity index (χ1) is 6.73. The third kappa shape index (κ3) is 2.59. The Morgan fingerprint density at radius 3 is 2.27 bits per heavy atom. The van der Waals surface area contributed by atoms with Gasteiger partial charge < -0.3 is 0 Å². The van der Waals surface area contributed by atoms with Gasteiger partial charge in [0.2, 0.25) is 0 Å². The van der Waals surface area contributed by atoms with Crippen molar-refractivity contribution in [3.63, 3.8) is 0 Å². The molecule has 0 atom stereocenters. The molecule has 1 aliphatic rings. The van der Waals surface area contributed by atoms with E-state index in [2.05, 4.69) is 40.0 Å². The van der Waals surface area contributed by atoms with Crippen LogP contribution in [0.2, 0.25) is 0 Å². The predicted molar refractivity (Wildman–Crippen MR) is 62.1 cm³/mol. The van der Waals surface area contributed by atoms with Crippen LogP contribution >= 0.6 is 0 Å². The van der Waals surface area contributed by atoms with Gasteiger partial charge >= 0.3 is 0 Å². The molecule has 0 saturated carbocycles. The van der Waals surface area contributed by atoms with Gasteiger partial charge in [0.1, 0.15) is 0 Å². The van der Waals surface area contributed by atoms with Crippen molar-refractivity contribution in [2.45, 2.75) is 34.6 Å². The van der Waals surface area contributed by atoms with Crippen LogP contribution in [0, 0.1) is 11.3 Å². The number of carbonyl (C=O) groups is 1. The summed E-state index contributed by atoms with van der Waals surface area (Å²) in [6.45, 7) is 11.4. The van der Waals surface area contributed by atoms with Crippen molar-refractivity contribution in [1.29, 1.82) is 0 Å². The molecule has 0 radical (unpaired) electrons. The average Bonchev–Trinajstić information content (AvgIpc) is 1.99. The fraction of sp³-hybridized carbons (Fsp3) is 0.750. The van der Waals surface area contributed by atoms with E-state index in [1.165, 1.54) is 5.57 Å². The Kier molecular flexibility index (Phi) is 3.24. The number of amides is 1. The highest BCUT2D eigenvalue weighted by atomic mass is 16.2. The van der Waals surface area contributed by atoms with E-state index in [0.717, 1.165) is 12.1 Å². The molecule has 1 rings (SSSR count). The van der Waals surface area contributed by atoms with Crippen LogP contribution < -0.4 is 5.43 Å². The Labute approximate surface area is 92.5 Å². The van der Waals surface area contributed by atoms with E-state index in [9.17, 15) is 4.79 Å². The first-order valence-corrected chi connectivity index (χ1v) is 5.49. The second-order valence-electron chi connectivity index (χ2n) is 5.60. The van der Waals surface area contributed by atoms with E-state index >= 15 is 0 Å². The molecule has 0 aromatic heterocycles. The zero-order valence-electron chi connectivity index (χ0n) is 10.6. The molecule has 3 nitrogen and oxygen atoms in total. The van der Waals surface area contributed by atoms with Crippen LogP contribution in [0.25, 0.3) is 0 Å². The van der Waals surface area contributed by atoms with Gasteiger partial charge in [0.05, 0.1) is 0 Å². The summed E-state index contributed by atoms with van der Waals surface area (Å²) in [7, 11) is 1.90. The van der Waals surface area contributed by atoms with Gasteiger partial charge in [0, 0.05) is 19.2 Å².